The quantitative estimate of drug-likeness (QED) is 0.878. The van der Waals surface area contributed by atoms with Crippen LogP contribution in [0, 0.1) is 0 Å². The third-order valence-electron chi connectivity index (χ3n) is 2.76. The molecule has 1 amide bonds. The summed E-state index contributed by atoms with van der Waals surface area (Å²) in [5, 5.41) is 11.6. The van der Waals surface area contributed by atoms with Crippen LogP contribution in [0.1, 0.15) is 21.5 Å². The second kappa shape index (κ2) is 6.38. The SMILES string of the molecule is O=C(O)Cc1ccccc1CNC(=O)c1ccoc1Br. The van der Waals surface area contributed by atoms with Crippen LogP contribution in [0.4, 0.5) is 0 Å². The van der Waals surface area contributed by atoms with Gasteiger partial charge in [-0.1, -0.05) is 24.3 Å². The first-order chi connectivity index (χ1) is 9.58. The zero-order valence-corrected chi connectivity index (χ0v) is 12.0. The fraction of sp³-hybridized carbons (Fsp3) is 0.143. The van der Waals surface area contributed by atoms with Gasteiger partial charge in [-0.25, -0.2) is 0 Å². The Morgan fingerprint density at radius 1 is 1.20 bits per heavy atom. The number of carbonyl (C=O) groups excluding carboxylic acids is 1. The Morgan fingerprint density at radius 3 is 2.50 bits per heavy atom. The zero-order chi connectivity index (χ0) is 14.5. The van der Waals surface area contributed by atoms with Crippen LogP contribution >= 0.6 is 15.9 Å². The molecule has 0 aliphatic carbocycles. The lowest BCUT2D eigenvalue weighted by Crippen LogP contribution is -2.23. The second-order valence-electron chi connectivity index (χ2n) is 4.13. The van der Waals surface area contributed by atoms with Crippen molar-refractivity contribution in [1.82, 2.24) is 5.32 Å². The van der Waals surface area contributed by atoms with Crippen molar-refractivity contribution in [3.63, 3.8) is 0 Å². The molecule has 1 aromatic heterocycles. The predicted octanol–water partition coefficient (Wildman–Crippen LogP) is 2.60. The molecule has 104 valence electrons. The topological polar surface area (TPSA) is 79.5 Å². The fourth-order valence-electron chi connectivity index (χ4n) is 1.79. The third-order valence-corrected chi connectivity index (χ3v) is 3.38. The second-order valence-corrected chi connectivity index (χ2v) is 4.85. The van der Waals surface area contributed by atoms with Crippen LogP contribution in [0.2, 0.25) is 0 Å². The molecule has 2 aromatic rings. The lowest BCUT2D eigenvalue weighted by Gasteiger charge is -2.08. The van der Waals surface area contributed by atoms with E-state index >= 15 is 0 Å². The van der Waals surface area contributed by atoms with E-state index < -0.39 is 5.97 Å². The molecular formula is C14H12BrNO4. The van der Waals surface area contributed by atoms with Crippen molar-refractivity contribution in [3.05, 3.63) is 58.0 Å². The standard InChI is InChI=1S/C14H12BrNO4/c15-13-11(5-6-20-13)14(19)16-8-10-4-2-1-3-9(10)7-12(17)18/h1-6H,7-8H2,(H,16,19)(H,17,18). The average molecular weight is 338 g/mol. The van der Waals surface area contributed by atoms with E-state index in [9.17, 15) is 9.59 Å². The van der Waals surface area contributed by atoms with Crippen molar-refractivity contribution in [1.29, 1.82) is 0 Å². The lowest BCUT2D eigenvalue weighted by molar-refractivity contribution is -0.136. The zero-order valence-electron chi connectivity index (χ0n) is 10.4. The van der Waals surface area contributed by atoms with Gasteiger partial charge in [-0.3, -0.25) is 9.59 Å². The van der Waals surface area contributed by atoms with Crippen molar-refractivity contribution >= 4 is 27.8 Å². The van der Waals surface area contributed by atoms with Gasteiger partial charge in [0.1, 0.15) is 0 Å². The van der Waals surface area contributed by atoms with Gasteiger partial charge >= 0.3 is 5.97 Å². The Hall–Kier alpha value is -2.08. The summed E-state index contributed by atoms with van der Waals surface area (Å²) in [7, 11) is 0. The Labute approximate surface area is 123 Å². The molecule has 0 spiro atoms. The summed E-state index contributed by atoms with van der Waals surface area (Å²) in [6, 6.07) is 8.67. The summed E-state index contributed by atoms with van der Waals surface area (Å²) >= 11 is 3.14. The van der Waals surface area contributed by atoms with Crippen LogP contribution in [0.3, 0.4) is 0 Å². The van der Waals surface area contributed by atoms with Crippen molar-refractivity contribution in [2.75, 3.05) is 0 Å². The highest BCUT2D eigenvalue weighted by Gasteiger charge is 2.13. The van der Waals surface area contributed by atoms with Crippen molar-refractivity contribution in [2.45, 2.75) is 13.0 Å². The van der Waals surface area contributed by atoms with Crippen LogP contribution in [0.15, 0.2) is 45.7 Å². The number of carboxylic acid groups (broad SMARTS) is 1. The van der Waals surface area contributed by atoms with Gasteiger partial charge in [0.05, 0.1) is 18.2 Å². The van der Waals surface area contributed by atoms with Gasteiger partial charge in [0, 0.05) is 6.54 Å². The maximum atomic E-state index is 11.9. The number of nitrogens with one attached hydrogen (secondary N) is 1. The Morgan fingerprint density at radius 2 is 1.90 bits per heavy atom. The van der Waals surface area contributed by atoms with Crippen molar-refractivity contribution in [2.24, 2.45) is 0 Å². The Kier molecular flexibility index (Phi) is 4.57. The third kappa shape index (κ3) is 3.48. The number of hydrogen-bond acceptors (Lipinski definition) is 3. The molecule has 0 aliphatic rings. The summed E-state index contributed by atoms with van der Waals surface area (Å²) in [4.78, 5) is 22.7. The molecule has 2 N–H and O–H groups in total. The minimum Gasteiger partial charge on any atom is -0.481 e. The number of hydrogen-bond donors (Lipinski definition) is 2. The van der Waals surface area contributed by atoms with Crippen LogP contribution in [-0.4, -0.2) is 17.0 Å². The van der Waals surface area contributed by atoms with Crippen LogP contribution in [0.5, 0.6) is 0 Å². The molecule has 0 saturated carbocycles. The van der Waals surface area contributed by atoms with E-state index in [1.165, 1.54) is 6.26 Å². The largest absolute Gasteiger partial charge is 0.481 e. The summed E-state index contributed by atoms with van der Waals surface area (Å²) in [6.45, 7) is 0.264. The van der Waals surface area contributed by atoms with Crippen LogP contribution in [-0.2, 0) is 17.8 Å². The van der Waals surface area contributed by atoms with Crippen molar-refractivity contribution < 1.29 is 19.1 Å². The maximum absolute atomic E-state index is 11.9. The highest BCUT2D eigenvalue weighted by Crippen LogP contribution is 2.17. The van der Waals surface area contributed by atoms with Gasteiger partial charge < -0.3 is 14.8 Å². The van der Waals surface area contributed by atoms with E-state index in [2.05, 4.69) is 21.2 Å². The number of rotatable bonds is 5. The molecule has 0 atom stereocenters. The Bertz CT molecular complexity index is 636. The highest BCUT2D eigenvalue weighted by atomic mass is 79.9. The van der Waals surface area contributed by atoms with Crippen LogP contribution in [0.25, 0.3) is 0 Å². The van der Waals surface area contributed by atoms with E-state index in [0.29, 0.717) is 15.8 Å². The number of aliphatic carboxylic acids is 1. The van der Waals surface area contributed by atoms with Crippen LogP contribution < -0.4 is 5.32 Å². The summed E-state index contributed by atoms with van der Waals surface area (Å²) < 4.78 is 5.36. The van der Waals surface area contributed by atoms with Gasteiger partial charge in [0.2, 0.25) is 0 Å². The molecular weight excluding hydrogens is 326 g/mol. The van der Waals surface area contributed by atoms with E-state index in [-0.39, 0.29) is 18.9 Å². The molecule has 0 bridgehead atoms. The summed E-state index contributed by atoms with van der Waals surface area (Å²) in [5.41, 5.74) is 1.87. The summed E-state index contributed by atoms with van der Waals surface area (Å²) in [5.74, 6) is -1.18. The first kappa shape index (κ1) is 14.3. The minimum absolute atomic E-state index is 0.0680. The first-order valence-corrected chi connectivity index (χ1v) is 6.67. The average Bonchev–Trinajstić information content (AvgIpc) is 2.83. The van der Waals surface area contributed by atoms with Crippen molar-refractivity contribution in [3.8, 4) is 0 Å². The molecule has 5 nitrogen and oxygen atoms in total. The van der Waals surface area contributed by atoms with E-state index in [0.717, 1.165) is 5.56 Å². The minimum atomic E-state index is -0.902. The predicted molar refractivity (Wildman–Crippen MR) is 75.4 cm³/mol. The van der Waals surface area contributed by atoms with Gasteiger partial charge in [-0.2, -0.15) is 0 Å². The maximum Gasteiger partial charge on any atom is 0.307 e. The number of carbonyl (C=O) groups is 2. The number of furan rings is 1. The molecule has 6 heteroatoms. The van der Waals surface area contributed by atoms with Gasteiger partial charge in [-0.05, 0) is 33.1 Å². The molecule has 20 heavy (non-hydrogen) atoms. The van der Waals surface area contributed by atoms with Gasteiger partial charge in [-0.15, -0.1) is 0 Å². The van der Waals surface area contributed by atoms with E-state index in [1.54, 1.807) is 30.3 Å². The molecule has 0 fully saturated rings. The molecule has 0 unspecified atom stereocenters. The highest BCUT2D eigenvalue weighted by molar-refractivity contribution is 9.10. The summed E-state index contributed by atoms with van der Waals surface area (Å²) in [6.07, 6.45) is 1.35. The number of carboxylic acids is 1. The fourth-order valence-corrected chi connectivity index (χ4v) is 2.21. The normalized spacial score (nSPS) is 10.2. The number of halogens is 1. The van der Waals surface area contributed by atoms with Gasteiger partial charge in [0.15, 0.2) is 4.67 Å². The monoisotopic (exact) mass is 337 g/mol. The number of amides is 1. The molecule has 0 saturated heterocycles. The molecule has 0 aliphatic heterocycles. The number of benzene rings is 1. The molecule has 2 rings (SSSR count). The van der Waals surface area contributed by atoms with Gasteiger partial charge in [0.25, 0.3) is 5.91 Å². The molecule has 1 aromatic carbocycles. The van der Waals surface area contributed by atoms with E-state index in [1.807, 2.05) is 0 Å². The molecule has 0 radical (unpaired) electrons. The molecule has 1 heterocycles. The van der Waals surface area contributed by atoms with E-state index in [4.69, 9.17) is 9.52 Å². The lowest BCUT2D eigenvalue weighted by atomic mass is 10.0. The first-order valence-electron chi connectivity index (χ1n) is 5.87. The Balaban J connectivity index is 2.06. The smallest absolute Gasteiger partial charge is 0.307 e.